The van der Waals surface area contributed by atoms with E-state index in [-0.39, 0.29) is 0 Å². The molecular formula is C28H23N2O2. The van der Waals surface area contributed by atoms with Gasteiger partial charge in [-0.2, -0.15) is 0 Å². The first-order valence-corrected chi connectivity index (χ1v) is 10.5. The molecule has 0 unspecified atom stereocenters. The highest BCUT2D eigenvalue weighted by Crippen LogP contribution is 2.35. The van der Waals surface area contributed by atoms with Crippen molar-refractivity contribution in [2.45, 2.75) is 13.5 Å². The van der Waals surface area contributed by atoms with Crippen LogP contribution in [0.5, 0.6) is 5.75 Å². The van der Waals surface area contributed by atoms with Gasteiger partial charge in [0.1, 0.15) is 5.75 Å². The van der Waals surface area contributed by atoms with Crippen LogP contribution in [-0.2, 0) is 6.54 Å². The van der Waals surface area contributed by atoms with Gasteiger partial charge in [0.2, 0.25) is 5.91 Å². The van der Waals surface area contributed by atoms with Crippen molar-refractivity contribution in [2.24, 2.45) is 5.73 Å². The lowest BCUT2D eigenvalue weighted by molar-refractivity contribution is 0.100. The Hall–Kier alpha value is -4.05. The molecule has 0 aliphatic heterocycles. The van der Waals surface area contributed by atoms with Crippen molar-refractivity contribution in [3.8, 4) is 16.9 Å². The third-order valence-corrected chi connectivity index (χ3v) is 5.97. The van der Waals surface area contributed by atoms with Crippen molar-refractivity contribution in [3.63, 3.8) is 0 Å². The largest absolute Gasteiger partial charge is 0.496 e. The highest BCUT2D eigenvalue weighted by Gasteiger charge is 2.17. The van der Waals surface area contributed by atoms with E-state index >= 15 is 0 Å². The van der Waals surface area contributed by atoms with Crippen LogP contribution < -0.4 is 10.5 Å². The van der Waals surface area contributed by atoms with Crippen LogP contribution in [0.4, 0.5) is 0 Å². The lowest BCUT2D eigenvalue weighted by Crippen LogP contribution is -2.11. The fourth-order valence-electron chi connectivity index (χ4n) is 4.45. The zero-order valence-electron chi connectivity index (χ0n) is 18.1. The standard InChI is InChI=1S/C28H23N2O2/c1-18-15-19(11-14-26(18)32-2)17-30-24-10-6-9-23(28(29)31)27(24)22-13-12-21(16-25(22)30)20-7-4-3-5-8-20/h3-12,14-16H,17H2,1-2H3,(H2,29,31). The molecule has 5 aromatic rings. The molecular weight excluding hydrogens is 396 g/mol. The predicted octanol–water partition coefficient (Wildman–Crippen LogP) is 5.73. The smallest absolute Gasteiger partial charge is 0.249 e. The van der Waals surface area contributed by atoms with Crippen molar-refractivity contribution < 1.29 is 9.53 Å². The van der Waals surface area contributed by atoms with E-state index in [1.54, 1.807) is 13.2 Å². The summed E-state index contributed by atoms with van der Waals surface area (Å²) in [5.41, 5.74) is 12.7. The van der Waals surface area contributed by atoms with Gasteiger partial charge in [-0.3, -0.25) is 4.79 Å². The van der Waals surface area contributed by atoms with Crippen LogP contribution in [0, 0.1) is 13.0 Å². The van der Waals surface area contributed by atoms with Gasteiger partial charge in [-0.25, -0.2) is 0 Å². The number of nitrogens with two attached hydrogens (primary N) is 1. The van der Waals surface area contributed by atoms with Gasteiger partial charge in [-0.05, 0) is 65.6 Å². The number of methoxy groups -OCH3 is 1. The van der Waals surface area contributed by atoms with Gasteiger partial charge >= 0.3 is 0 Å². The number of aryl methyl sites for hydroxylation is 1. The molecule has 32 heavy (non-hydrogen) atoms. The Labute approximate surface area is 186 Å². The molecule has 157 valence electrons. The Morgan fingerprint density at radius 1 is 0.969 bits per heavy atom. The summed E-state index contributed by atoms with van der Waals surface area (Å²) in [5, 5.41) is 1.75. The van der Waals surface area contributed by atoms with Crippen molar-refractivity contribution in [1.29, 1.82) is 0 Å². The first-order chi connectivity index (χ1) is 15.6. The predicted molar refractivity (Wildman–Crippen MR) is 129 cm³/mol. The minimum absolute atomic E-state index is 0.435. The molecule has 4 aromatic carbocycles. The second-order valence-corrected chi connectivity index (χ2v) is 7.97. The fraction of sp³-hybridized carbons (Fsp3) is 0.107. The lowest BCUT2D eigenvalue weighted by atomic mass is 10.0. The first kappa shape index (κ1) is 19.9. The second-order valence-electron chi connectivity index (χ2n) is 7.97. The third-order valence-electron chi connectivity index (χ3n) is 5.97. The number of benzene rings is 4. The monoisotopic (exact) mass is 419 g/mol. The van der Waals surface area contributed by atoms with Crippen LogP contribution in [-0.4, -0.2) is 17.6 Å². The molecule has 1 amide bonds. The van der Waals surface area contributed by atoms with Gasteiger partial charge in [0.05, 0.1) is 18.1 Å². The summed E-state index contributed by atoms with van der Waals surface area (Å²) in [6.07, 6.45) is 0. The van der Waals surface area contributed by atoms with E-state index in [9.17, 15) is 4.79 Å². The second kappa shape index (κ2) is 7.89. The molecule has 0 atom stereocenters. The molecule has 4 heteroatoms. The van der Waals surface area contributed by atoms with Crippen molar-refractivity contribution in [3.05, 3.63) is 102 Å². The van der Waals surface area contributed by atoms with Crippen LogP contribution in [0.3, 0.4) is 0 Å². The van der Waals surface area contributed by atoms with Gasteiger partial charge in [0.25, 0.3) is 0 Å². The molecule has 1 heterocycles. The maximum Gasteiger partial charge on any atom is 0.249 e. The molecule has 0 fully saturated rings. The number of hydrogen-bond acceptors (Lipinski definition) is 2. The summed E-state index contributed by atoms with van der Waals surface area (Å²) in [5.74, 6) is 0.433. The maximum absolute atomic E-state index is 12.2. The number of rotatable bonds is 5. The quantitative estimate of drug-likeness (QED) is 0.396. The van der Waals surface area contributed by atoms with Crippen molar-refractivity contribution in [1.82, 2.24) is 4.57 Å². The zero-order valence-corrected chi connectivity index (χ0v) is 18.1. The Morgan fingerprint density at radius 3 is 2.50 bits per heavy atom. The minimum Gasteiger partial charge on any atom is -0.496 e. The number of aromatic nitrogens is 1. The van der Waals surface area contributed by atoms with E-state index in [4.69, 9.17) is 10.5 Å². The number of hydrogen-bond donors (Lipinski definition) is 1. The van der Waals surface area contributed by atoms with E-state index in [1.165, 1.54) is 0 Å². The number of carbonyl (C=O) groups excluding carboxylic acids is 1. The van der Waals surface area contributed by atoms with Crippen molar-refractivity contribution >= 4 is 27.7 Å². The summed E-state index contributed by atoms with van der Waals surface area (Å²) in [4.78, 5) is 12.2. The summed E-state index contributed by atoms with van der Waals surface area (Å²) in [6, 6.07) is 29.7. The van der Waals surface area contributed by atoms with Gasteiger partial charge in [0.15, 0.2) is 0 Å². The average Bonchev–Trinajstić information content (AvgIpc) is 3.12. The highest BCUT2D eigenvalue weighted by atomic mass is 16.5. The van der Waals surface area contributed by atoms with Gasteiger partial charge in [0, 0.05) is 22.9 Å². The van der Waals surface area contributed by atoms with Crippen LogP contribution in [0.2, 0.25) is 0 Å². The Balaban J connectivity index is 1.77. The number of ether oxygens (including phenoxy) is 1. The fourth-order valence-corrected chi connectivity index (χ4v) is 4.45. The Kier molecular flexibility index (Phi) is 4.91. The number of nitrogens with zero attached hydrogens (tertiary/aromatic N) is 1. The van der Waals surface area contributed by atoms with Crippen LogP contribution in [0.15, 0.2) is 78.9 Å². The van der Waals surface area contributed by atoms with Crippen LogP contribution in [0.25, 0.3) is 32.9 Å². The summed E-state index contributed by atoms with van der Waals surface area (Å²) >= 11 is 0. The summed E-state index contributed by atoms with van der Waals surface area (Å²) in [6.45, 7) is 2.69. The molecule has 0 bridgehead atoms. The molecule has 0 aliphatic carbocycles. The van der Waals surface area contributed by atoms with Gasteiger partial charge < -0.3 is 15.0 Å². The molecule has 5 rings (SSSR count). The summed E-state index contributed by atoms with van der Waals surface area (Å²) < 4.78 is 7.66. The van der Waals surface area contributed by atoms with Crippen LogP contribution >= 0.6 is 0 Å². The SMILES string of the molecule is COc1ccc(Cn2c3cc(-c4ccccc4)c[c]c3c3c(C(N)=O)cccc32)cc1C. The molecule has 1 radical (unpaired) electrons. The number of amides is 1. The first-order valence-electron chi connectivity index (χ1n) is 10.5. The van der Waals surface area contributed by atoms with Gasteiger partial charge in [-0.15, -0.1) is 0 Å². The molecule has 0 saturated heterocycles. The van der Waals surface area contributed by atoms with Crippen molar-refractivity contribution in [2.75, 3.05) is 7.11 Å². The van der Waals surface area contributed by atoms with E-state index in [0.717, 1.165) is 49.8 Å². The Bertz CT molecular complexity index is 1470. The minimum atomic E-state index is -0.435. The molecule has 0 spiro atoms. The zero-order chi connectivity index (χ0) is 22.2. The molecule has 1 aromatic heterocycles. The van der Waals surface area contributed by atoms with E-state index in [2.05, 4.69) is 41.0 Å². The molecule has 0 aliphatic rings. The number of carbonyl (C=O) groups is 1. The molecule has 2 N–H and O–H groups in total. The third kappa shape index (κ3) is 3.30. The maximum atomic E-state index is 12.2. The lowest BCUT2D eigenvalue weighted by Gasteiger charge is -2.11. The van der Waals surface area contributed by atoms with E-state index in [0.29, 0.717) is 12.1 Å². The summed E-state index contributed by atoms with van der Waals surface area (Å²) in [7, 11) is 1.68. The van der Waals surface area contributed by atoms with E-state index < -0.39 is 5.91 Å². The Morgan fingerprint density at radius 2 is 1.78 bits per heavy atom. The van der Waals surface area contributed by atoms with Crippen LogP contribution in [0.1, 0.15) is 21.5 Å². The topological polar surface area (TPSA) is 57.2 Å². The number of primary amides is 1. The van der Waals surface area contributed by atoms with Gasteiger partial charge in [-0.1, -0.05) is 48.5 Å². The van der Waals surface area contributed by atoms with E-state index in [1.807, 2.05) is 49.4 Å². The molecule has 0 saturated carbocycles. The highest BCUT2D eigenvalue weighted by molar-refractivity contribution is 6.18. The molecule has 4 nitrogen and oxygen atoms in total. The normalized spacial score (nSPS) is 11.2. The average molecular weight is 420 g/mol. The number of fused-ring (bicyclic) bond motifs is 3.